The lowest BCUT2D eigenvalue weighted by atomic mass is 10.1. The molecule has 0 spiro atoms. The molecule has 2 N–H and O–H groups in total. The van der Waals surface area contributed by atoms with Gasteiger partial charge in [0.05, 0.1) is 4.92 Å². The molecule has 0 unspecified atom stereocenters. The van der Waals surface area contributed by atoms with Crippen LogP contribution in [-0.2, 0) is 22.6 Å². The molecule has 0 radical (unpaired) electrons. The second-order valence-corrected chi connectivity index (χ2v) is 5.58. The molecule has 0 aliphatic heterocycles. The molecule has 7 nitrogen and oxygen atoms in total. The van der Waals surface area contributed by atoms with Gasteiger partial charge in [-0.25, -0.2) is 0 Å². The first kappa shape index (κ1) is 18.1. The van der Waals surface area contributed by atoms with Crippen LogP contribution in [-0.4, -0.2) is 16.7 Å². The van der Waals surface area contributed by atoms with Crippen molar-refractivity contribution >= 4 is 23.2 Å². The normalized spacial score (nSPS) is 10.2. The number of nitrogens with one attached hydrogen (secondary N) is 2. The number of hydrogen-bond acceptors (Lipinski definition) is 4. The van der Waals surface area contributed by atoms with Gasteiger partial charge in [0.1, 0.15) is 0 Å². The minimum absolute atomic E-state index is 0.0829. The number of nitro benzene ring substituents is 1. The summed E-state index contributed by atoms with van der Waals surface area (Å²) >= 11 is 0. The lowest BCUT2D eigenvalue weighted by Gasteiger charge is -2.08. The van der Waals surface area contributed by atoms with E-state index < -0.39 is 16.7 Å². The average Bonchev–Trinajstić information content (AvgIpc) is 2.59. The van der Waals surface area contributed by atoms with Crippen molar-refractivity contribution in [1.82, 2.24) is 5.32 Å². The van der Waals surface area contributed by atoms with E-state index in [-0.39, 0.29) is 17.9 Å². The van der Waals surface area contributed by atoms with E-state index in [0.717, 1.165) is 11.1 Å². The Morgan fingerprint density at radius 3 is 2.52 bits per heavy atom. The summed E-state index contributed by atoms with van der Waals surface area (Å²) in [7, 11) is 0. The number of anilines is 1. The summed E-state index contributed by atoms with van der Waals surface area (Å²) in [5, 5.41) is 16.0. The SMILES string of the molecule is CCc1ccc(NC(=O)C(=O)NCc2cccc(C)c2)cc1[N+](=O)[O-]. The summed E-state index contributed by atoms with van der Waals surface area (Å²) in [5.74, 6) is -1.67. The van der Waals surface area contributed by atoms with Crippen molar-refractivity contribution in [3.8, 4) is 0 Å². The first-order chi connectivity index (χ1) is 11.9. The molecular formula is C18H19N3O4. The average molecular weight is 341 g/mol. The van der Waals surface area contributed by atoms with Gasteiger partial charge in [-0.05, 0) is 25.0 Å². The summed E-state index contributed by atoms with van der Waals surface area (Å²) in [6.45, 7) is 3.97. The number of carbonyl (C=O) groups is 2. The fraction of sp³-hybridized carbons (Fsp3) is 0.222. The molecule has 2 amide bonds. The van der Waals surface area contributed by atoms with Crippen LogP contribution in [0.3, 0.4) is 0 Å². The van der Waals surface area contributed by atoms with Crippen LogP contribution in [0.4, 0.5) is 11.4 Å². The quantitative estimate of drug-likeness (QED) is 0.496. The number of nitrogens with zero attached hydrogens (tertiary/aromatic N) is 1. The van der Waals surface area contributed by atoms with E-state index >= 15 is 0 Å². The van der Waals surface area contributed by atoms with E-state index in [4.69, 9.17) is 0 Å². The maximum atomic E-state index is 11.9. The standard InChI is InChI=1S/C18H19N3O4/c1-3-14-7-8-15(10-16(14)21(24)25)20-18(23)17(22)19-11-13-6-4-5-12(2)9-13/h4-10H,3,11H2,1-2H3,(H,19,22)(H,20,23). The molecule has 2 rings (SSSR count). The zero-order valence-electron chi connectivity index (χ0n) is 14.0. The van der Waals surface area contributed by atoms with Crippen LogP contribution in [0, 0.1) is 17.0 Å². The molecule has 2 aromatic rings. The predicted molar refractivity (Wildman–Crippen MR) is 94.1 cm³/mol. The van der Waals surface area contributed by atoms with Gasteiger partial charge in [0.2, 0.25) is 0 Å². The molecule has 25 heavy (non-hydrogen) atoms. The number of benzene rings is 2. The van der Waals surface area contributed by atoms with Crippen LogP contribution in [0.2, 0.25) is 0 Å². The van der Waals surface area contributed by atoms with Gasteiger partial charge in [-0.1, -0.05) is 42.8 Å². The minimum atomic E-state index is -0.869. The lowest BCUT2D eigenvalue weighted by molar-refractivity contribution is -0.385. The Balaban J connectivity index is 2.00. The monoisotopic (exact) mass is 341 g/mol. The highest BCUT2D eigenvalue weighted by Gasteiger charge is 2.17. The molecule has 0 saturated heterocycles. The van der Waals surface area contributed by atoms with Gasteiger partial charge in [-0.3, -0.25) is 19.7 Å². The topological polar surface area (TPSA) is 101 Å². The third kappa shape index (κ3) is 4.87. The fourth-order valence-electron chi connectivity index (χ4n) is 2.38. The summed E-state index contributed by atoms with van der Waals surface area (Å²) in [6, 6.07) is 11.9. The maximum absolute atomic E-state index is 11.9. The van der Waals surface area contributed by atoms with Crippen molar-refractivity contribution in [2.45, 2.75) is 26.8 Å². The number of hydrogen-bond donors (Lipinski definition) is 2. The van der Waals surface area contributed by atoms with Gasteiger partial charge in [0, 0.05) is 23.9 Å². The van der Waals surface area contributed by atoms with Crippen LogP contribution in [0.25, 0.3) is 0 Å². The highest BCUT2D eigenvalue weighted by Crippen LogP contribution is 2.23. The zero-order valence-corrected chi connectivity index (χ0v) is 14.0. The first-order valence-electron chi connectivity index (χ1n) is 7.82. The van der Waals surface area contributed by atoms with Crippen LogP contribution in [0.15, 0.2) is 42.5 Å². The molecule has 0 saturated carbocycles. The predicted octanol–water partition coefficient (Wildman–Crippen LogP) is 2.72. The molecule has 130 valence electrons. The van der Waals surface area contributed by atoms with Crippen molar-refractivity contribution in [3.63, 3.8) is 0 Å². The second kappa shape index (κ2) is 8.05. The molecule has 0 bridgehead atoms. The van der Waals surface area contributed by atoms with E-state index in [9.17, 15) is 19.7 Å². The Morgan fingerprint density at radius 1 is 1.12 bits per heavy atom. The third-order valence-corrected chi connectivity index (χ3v) is 3.66. The van der Waals surface area contributed by atoms with Crippen molar-refractivity contribution in [2.75, 3.05) is 5.32 Å². The highest BCUT2D eigenvalue weighted by atomic mass is 16.6. The summed E-state index contributed by atoms with van der Waals surface area (Å²) < 4.78 is 0. The third-order valence-electron chi connectivity index (χ3n) is 3.66. The number of nitro groups is 1. The van der Waals surface area contributed by atoms with Crippen LogP contribution in [0.1, 0.15) is 23.6 Å². The molecular weight excluding hydrogens is 322 g/mol. The molecule has 0 fully saturated rings. The van der Waals surface area contributed by atoms with E-state index in [1.165, 1.54) is 12.1 Å². The minimum Gasteiger partial charge on any atom is -0.344 e. The first-order valence-corrected chi connectivity index (χ1v) is 7.82. The smallest absolute Gasteiger partial charge is 0.313 e. The molecule has 0 aliphatic rings. The van der Waals surface area contributed by atoms with Crippen LogP contribution >= 0.6 is 0 Å². The van der Waals surface area contributed by atoms with E-state index in [1.54, 1.807) is 13.0 Å². The number of carbonyl (C=O) groups excluding carboxylic acids is 2. The van der Waals surface area contributed by atoms with E-state index in [1.807, 2.05) is 31.2 Å². The Bertz CT molecular complexity index is 818. The zero-order chi connectivity index (χ0) is 18.4. The molecule has 0 aromatic heterocycles. The molecule has 0 aliphatic carbocycles. The van der Waals surface area contributed by atoms with Gasteiger partial charge in [-0.15, -0.1) is 0 Å². The maximum Gasteiger partial charge on any atom is 0.313 e. The summed E-state index contributed by atoms with van der Waals surface area (Å²) in [5.41, 5.74) is 2.62. The Morgan fingerprint density at radius 2 is 1.88 bits per heavy atom. The molecule has 2 aromatic carbocycles. The van der Waals surface area contributed by atoms with Crippen molar-refractivity contribution < 1.29 is 14.5 Å². The van der Waals surface area contributed by atoms with Gasteiger partial charge in [0.15, 0.2) is 0 Å². The summed E-state index contributed by atoms with van der Waals surface area (Å²) in [6.07, 6.45) is 0.502. The Labute approximate surface area is 145 Å². The van der Waals surface area contributed by atoms with Gasteiger partial charge in [-0.2, -0.15) is 0 Å². The summed E-state index contributed by atoms with van der Waals surface area (Å²) in [4.78, 5) is 34.4. The van der Waals surface area contributed by atoms with Crippen molar-refractivity contribution in [2.24, 2.45) is 0 Å². The fourth-order valence-corrected chi connectivity index (χ4v) is 2.38. The van der Waals surface area contributed by atoms with E-state index in [2.05, 4.69) is 10.6 Å². The van der Waals surface area contributed by atoms with Gasteiger partial charge in [0.25, 0.3) is 5.69 Å². The van der Waals surface area contributed by atoms with Gasteiger partial charge >= 0.3 is 11.8 Å². The van der Waals surface area contributed by atoms with Crippen molar-refractivity contribution in [1.29, 1.82) is 0 Å². The number of rotatable bonds is 5. The van der Waals surface area contributed by atoms with Crippen molar-refractivity contribution in [3.05, 3.63) is 69.3 Å². The molecule has 7 heteroatoms. The van der Waals surface area contributed by atoms with Crippen LogP contribution in [0.5, 0.6) is 0 Å². The largest absolute Gasteiger partial charge is 0.344 e. The second-order valence-electron chi connectivity index (χ2n) is 5.58. The molecule has 0 atom stereocenters. The molecule has 0 heterocycles. The Kier molecular flexibility index (Phi) is 5.84. The van der Waals surface area contributed by atoms with Crippen LogP contribution < -0.4 is 10.6 Å². The van der Waals surface area contributed by atoms with Gasteiger partial charge < -0.3 is 10.6 Å². The Hall–Kier alpha value is -3.22. The highest BCUT2D eigenvalue weighted by molar-refractivity contribution is 6.39. The lowest BCUT2D eigenvalue weighted by Crippen LogP contribution is -2.35. The number of amides is 2. The number of aryl methyl sites for hydroxylation is 2. The van der Waals surface area contributed by atoms with E-state index in [0.29, 0.717) is 12.0 Å².